The fraction of sp³-hybridized carbons (Fsp3) is 0.899. The largest absolute Gasteiger partial charge is 0.394 e. The van der Waals surface area contributed by atoms with Gasteiger partial charge in [-0.2, -0.15) is 0 Å². The molecule has 3 aliphatic rings. The fourth-order valence-electron chi connectivity index (χ4n) is 11.5. The summed E-state index contributed by atoms with van der Waals surface area (Å²) in [7, 11) is 0. The van der Waals surface area contributed by atoms with Crippen LogP contribution in [0.4, 0.5) is 0 Å². The molecule has 0 saturated carbocycles. The van der Waals surface area contributed by atoms with Gasteiger partial charge in [0.2, 0.25) is 41.4 Å². The van der Waals surface area contributed by atoms with Crippen LogP contribution in [-0.2, 0) is 105 Å². The Morgan fingerprint density at radius 2 is 0.760 bits per heavy atom. The van der Waals surface area contributed by atoms with Crippen LogP contribution in [-0.4, -0.2) is 325 Å². The molecular formula is C69H128N8O27. The summed E-state index contributed by atoms with van der Waals surface area (Å²) >= 11 is 0. The van der Waals surface area contributed by atoms with Gasteiger partial charge in [-0.3, -0.25) is 33.6 Å². The highest BCUT2D eigenvalue weighted by molar-refractivity contribution is 5.92. The van der Waals surface area contributed by atoms with E-state index in [1.165, 1.54) is 13.8 Å². The highest BCUT2D eigenvalue weighted by atomic mass is 16.7. The van der Waals surface area contributed by atoms with E-state index in [2.05, 4.69) is 44.1 Å². The number of nitrogens with two attached hydrogens (primary N) is 1. The fourth-order valence-corrected chi connectivity index (χ4v) is 11.5. The lowest BCUT2D eigenvalue weighted by Crippen LogP contribution is -2.64. The van der Waals surface area contributed by atoms with Crippen LogP contribution >= 0.6 is 0 Å². The zero-order valence-electron chi connectivity index (χ0n) is 62.5. The topological polar surface area (TPSA) is 469 Å². The third-order valence-corrected chi connectivity index (χ3v) is 18.0. The number of rotatable bonds is 61. The predicted octanol–water partition coefficient (Wildman–Crippen LogP) is -2.43. The molecule has 0 aromatic heterocycles. The molecular weight excluding hydrogens is 1370 g/mol. The molecule has 0 radical (unpaired) electrons. The van der Waals surface area contributed by atoms with Gasteiger partial charge in [0.15, 0.2) is 18.9 Å². The summed E-state index contributed by atoms with van der Waals surface area (Å²) in [5.74, 6) is -2.79. The Hall–Kier alpha value is -4.55. The molecule has 3 saturated heterocycles. The van der Waals surface area contributed by atoms with Crippen LogP contribution in [0.15, 0.2) is 0 Å². The Bertz CT molecular complexity index is 2310. The molecule has 14 N–H and O–H groups in total. The van der Waals surface area contributed by atoms with Crippen molar-refractivity contribution in [1.82, 2.24) is 37.2 Å². The van der Waals surface area contributed by atoms with Crippen molar-refractivity contribution in [3.63, 3.8) is 0 Å². The molecule has 7 amide bonds. The third-order valence-electron chi connectivity index (χ3n) is 18.0. The van der Waals surface area contributed by atoms with Crippen molar-refractivity contribution in [3.8, 4) is 0 Å². The molecule has 0 aromatic rings. The van der Waals surface area contributed by atoms with E-state index in [1.807, 2.05) is 27.7 Å². The van der Waals surface area contributed by atoms with Crippen molar-refractivity contribution in [2.45, 2.75) is 199 Å². The zero-order chi connectivity index (χ0) is 76.3. The van der Waals surface area contributed by atoms with Crippen molar-refractivity contribution < 1.29 is 130 Å². The Morgan fingerprint density at radius 3 is 1.22 bits per heavy atom. The molecule has 17 atom stereocenters. The molecule has 2 unspecified atom stereocenters. The Morgan fingerprint density at radius 1 is 0.394 bits per heavy atom. The minimum absolute atomic E-state index is 0.00577. The molecule has 3 aliphatic heterocycles. The van der Waals surface area contributed by atoms with E-state index in [4.69, 9.17) is 76.8 Å². The van der Waals surface area contributed by atoms with Crippen LogP contribution < -0.4 is 43.0 Å². The second-order valence-corrected chi connectivity index (χ2v) is 26.1. The summed E-state index contributed by atoms with van der Waals surface area (Å²) in [5, 5.41) is 69.1. The molecule has 0 aromatic carbocycles. The van der Waals surface area contributed by atoms with E-state index in [-0.39, 0.29) is 211 Å². The molecule has 35 nitrogen and oxygen atoms in total. The van der Waals surface area contributed by atoms with E-state index >= 15 is 0 Å². The molecule has 104 heavy (non-hydrogen) atoms. The van der Waals surface area contributed by atoms with Gasteiger partial charge in [-0.05, 0) is 68.6 Å². The maximum Gasteiger partial charge on any atom is 0.246 e. The lowest BCUT2D eigenvalue weighted by molar-refractivity contribution is -0.272. The summed E-state index contributed by atoms with van der Waals surface area (Å²) in [5.41, 5.74) is 6.28. The maximum atomic E-state index is 14.2. The summed E-state index contributed by atoms with van der Waals surface area (Å²) in [6.45, 7) is 15.2. The van der Waals surface area contributed by atoms with E-state index < -0.39 is 98.4 Å². The number of hydrogen-bond donors (Lipinski definition) is 13. The third kappa shape index (κ3) is 39.5. The average Bonchev–Trinajstić information content (AvgIpc) is 0.822. The molecule has 606 valence electrons. The van der Waals surface area contributed by atoms with Gasteiger partial charge in [0.05, 0.1) is 163 Å². The van der Waals surface area contributed by atoms with Gasteiger partial charge in [-0.25, -0.2) is 0 Å². The number of aliphatic hydroxyl groups excluding tert-OH is 5. The van der Waals surface area contributed by atoms with Gasteiger partial charge in [-0.1, -0.05) is 60.3 Å². The van der Waals surface area contributed by atoms with Crippen LogP contribution in [0.3, 0.4) is 0 Å². The number of carbonyl (C=O) groups is 7. The number of unbranched alkanes of at least 4 members (excludes halogenated alkanes) is 6. The van der Waals surface area contributed by atoms with Gasteiger partial charge >= 0.3 is 0 Å². The predicted molar refractivity (Wildman–Crippen MR) is 374 cm³/mol. The van der Waals surface area contributed by atoms with Crippen molar-refractivity contribution >= 4 is 41.4 Å². The van der Waals surface area contributed by atoms with E-state index in [9.17, 15) is 59.1 Å². The SMILES string of the molecule is CCCCCCCNC(=O)C(CCCCNC(=O)COCCOCCOCCO[C@@H]1O[C@H](CO)[C@H](O)[C@H](O)[C@H]1NC(C)=O)NC(=O)C(CCCCNC(=O)COCCOCCOCCO[C@@H]1O[C@H](CO)[C@H](C)[C@H](C)[C@H]1N)NC(=O)COCCOCCOCCO[C@@H]1O[C@H](CO)[C@H](C)[C@H](C)[C@H]1NC(C)=O. The first kappa shape index (κ1) is 93.7. The first-order valence-electron chi connectivity index (χ1n) is 37.1. The number of aliphatic hydroxyl groups is 5. The van der Waals surface area contributed by atoms with Crippen molar-refractivity contribution in [2.75, 3.05) is 178 Å². The molecule has 0 aliphatic carbocycles. The average molecular weight is 1500 g/mol. The highest BCUT2D eigenvalue weighted by Crippen LogP contribution is 2.32. The number of carbonyl (C=O) groups excluding carboxylic acids is 7. The summed E-state index contributed by atoms with van der Waals surface area (Å²) < 4.78 is 84.6. The smallest absolute Gasteiger partial charge is 0.246 e. The van der Waals surface area contributed by atoms with Gasteiger partial charge < -0.3 is 140 Å². The number of ether oxygens (including phenoxy) is 15. The molecule has 3 heterocycles. The minimum atomic E-state index is -1.43. The van der Waals surface area contributed by atoms with Gasteiger partial charge in [0.1, 0.15) is 56.3 Å². The van der Waals surface area contributed by atoms with Crippen LogP contribution in [0.25, 0.3) is 0 Å². The normalized spacial score (nSPS) is 25.3. The first-order chi connectivity index (χ1) is 50.2. The van der Waals surface area contributed by atoms with Gasteiger partial charge in [-0.15, -0.1) is 0 Å². The van der Waals surface area contributed by atoms with Crippen LogP contribution in [0.1, 0.15) is 119 Å². The summed E-state index contributed by atoms with van der Waals surface area (Å²) in [6.07, 6.45) is -0.385. The van der Waals surface area contributed by atoms with Crippen LogP contribution in [0.5, 0.6) is 0 Å². The first-order valence-corrected chi connectivity index (χ1v) is 37.1. The Balaban J connectivity index is 1.43. The standard InChI is InChI=1S/C69H128N8O27/c1-8-9-10-11-14-21-73-65(88)52(17-12-15-19-71-57(83)43-96-32-29-91-23-27-95-36-39-101-69-62(75-51(7)82)64(87)63(86)56(42-80)104-69)77-66(89)53(76-59(85)45-98-33-30-92-24-26-94-35-38-100-68-61(74-50(6)81)49(5)47(3)55(41-79)103-68)18-13-16-20-72-58(84)44-97-31-28-90-22-25-93-34-37-99-67-60(70)48(4)46(2)54(40-78)102-67/h46-49,52-56,60-64,67-69,78-80,86-87H,8-45,70H2,1-7H3,(H,71,83)(H,72,84)(H,73,88)(H,74,81)(H,75,82)(H,76,85)(H,77,89)/t46-,47-,48+,49+,52?,53?,54-,55-,56-,60-,61-,62-,63+,64-,67-,68-,69-/m1/s1. The number of hydrogen-bond acceptors (Lipinski definition) is 28. The van der Waals surface area contributed by atoms with E-state index in [1.54, 1.807) is 0 Å². The second kappa shape index (κ2) is 57.6. The van der Waals surface area contributed by atoms with Gasteiger partial charge in [0.25, 0.3) is 0 Å². The number of amides is 7. The lowest BCUT2D eigenvalue weighted by Gasteiger charge is -2.44. The van der Waals surface area contributed by atoms with Crippen molar-refractivity contribution in [3.05, 3.63) is 0 Å². The van der Waals surface area contributed by atoms with Gasteiger partial charge in [0, 0.05) is 33.5 Å². The number of nitrogens with one attached hydrogen (secondary N) is 7. The molecule has 0 bridgehead atoms. The van der Waals surface area contributed by atoms with Crippen molar-refractivity contribution in [2.24, 2.45) is 29.4 Å². The van der Waals surface area contributed by atoms with Crippen LogP contribution in [0, 0.1) is 23.7 Å². The molecule has 0 spiro atoms. The van der Waals surface area contributed by atoms with E-state index in [0.29, 0.717) is 52.0 Å². The molecule has 3 rings (SSSR count). The van der Waals surface area contributed by atoms with E-state index in [0.717, 1.165) is 32.1 Å². The zero-order valence-corrected chi connectivity index (χ0v) is 62.5. The maximum absolute atomic E-state index is 14.2. The molecule has 3 fully saturated rings. The monoisotopic (exact) mass is 1500 g/mol. The van der Waals surface area contributed by atoms with Crippen LogP contribution in [0.2, 0.25) is 0 Å². The quantitative estimate of drug-likeness (QED) is 0.0282. The Kier molecular flexibility index (Phi) is 51.8. The Labute approximate surface area is 613 Å². The minimum Gasteiger partial charge on any atom is -0.394 e. The molecule has 35 heteroatoms. The summed E-state index contributed by atoms with van der Waals surface area (Å²) in [6, 6.07) is -3.86. The summed E-state index contributed by atoms with van der Waals surface area (Å²) in [4.78, 5) is 90.2. The lowest BCUT2D eigenvalue weighted by atomic mass is 9.82. The second-order valence-electron chi connectivity index (χ2n) is 26.1. The highest BCUT2D eigenvalue weighted by Gasteiger charge is 2.46. The van der Waals surface area contributed by atoms with Crippen molar-refractivity contribution in [1.29, 1.82) is 0 Å².